The second-order valence-corrected chi connectivity index (χ2v) is 7.10. The minimum atomic E-state index is -0.397. The molecule has 0 bridgehead atoms. The zero-order valence-electron chi connectivity index (χ0n) is 14.9. The summed E-state index contributed by atoms with van der Waals surface area (Å²) in [4.78, 5) is 27.9. The van der Waals surface area contributed by atoms with E-state index in [1.807, 2.05) is 30.3 Å². The fourth-order valence-electron chi connectivity index (χ4n) is 3.05. The molecule has 1 heterocycles. The molecule has 4 rings (SSSR count). The van der Waals surface area contributed by atoms with Gasteiger partial charge >= 0.3 is 0 Å². The minimum absolute atomic E-state index is 0.0102. The van der Waals surface area contributed by atoms with Crippen LogP contribution in [0.3, 0.4) is 0 Å². The van der Waals surface area contributed by atoms with Crippen LogP contribution in [0.15, 0.2) is 78.1 Å². The Labute approximate surface area is 176 Å². The number of anilines is 1. The standard InChI is InChI=1S/C22H13Cl2N3O2/c23-18-8-6-15(26-22(28)14-5-7-19(24)20(11-14)27-29)12-17(18)21-16-4-2-1-3-13(16)9-10-25-21/h1-12H,(H,26,28). The van der Waals surface area contributed by atoms with Gasteiger partial charge in [0.15, 0.2) is 0 Å². The van der Waals surface area contributed by atoms with Gasteiger partial charge in [-0.15, -0.1) is 4.91 Å². The average molecular weight is 422 g/mol. The van der Waals surface area contributed by atoms with Crippen LogP contribution in [-0.2, 0) is 0 Å². The molecule has 5 nitrogen and oxygen atoms in total. The Bertz CT molecular complexity index is 1250. The second kappa shape index (κ2) is 7.99. The molecule has 3 aromatic carbocycles. The topological polar surface area (TPSA) is 71.4 Å². The number of rotatable bonds is 4. The Morgan fingerprint density at radius 3 is 2.55 bits per heavy atom. The minimum Gasteiger partial charge on any atom is -0.322 e. The van der Waals surface area contributed by atoms with Gasteiger partial charge in [-0.1, -0.05) is 47.5 Å². The predicted molar refractivity (Wildman–Crippen MR) is 117 cm³/mol. The number of hydrogen-bond acceptors (Lipinski definition) is 4. The van der Waals surface area contributed by atoms with Crippen LogP contribution in [0.1, 0.15) is 10.4 Å². The summed E-state index contributed by atoms with van der Waals surface area (Å²) in [7, 11) is 0. The molecular weight excluding hydrogens is 409 g/mol. The second-order valence-electron chi connectivity index (χ2n) is 6.29. The van der Waals surface area contributed by atoms with Crippen LogP contribution in [0.4, 0.5) is 11.4 Å². The predicted octanol–water partition coefficient (Wildman–Crippen LogP) is 6.86. The summed E-state index contributed by atoms with van der Waals surface area (Å²) in [5.74, 6) is -0.397. The van der Waals surface area contributed by atoms with Gasteiger partial charge in [0.25, 0.3) is 5.91 Å². The molecule has 0 unspecified atom stereocenters. The van der Waals surface area contributed by atoms with E-state index in [9.17, 15) is 9.70 Å². The molecule has 0 aliphatic rings. The lowest BCUT2D eigenvalue weighted by Crippen LogP contribution is -2.11. The lowest BCUT2D eigenvalue weighted by Gasteiger charge is -2.11. The van der Waals surface area contributed by atoms with Crippen molar-refractivity contribution < 1.29 is 4.79 Å². The number of carbonyl (C=O) groups is 1. The smallest absolute Gasteiger partial charge is 0.255 e. The van der Waals surface area contributed by atoms with E-state index in [2.05, 4.69) is 15.5 Å². The monoisotopic (exact) mass is 421 g/mol. The van der Waals surface area contributed by atoms with Gasteiger partial charge in [0.05, 0.1) is 15.7 Å². The quantitative estimate of drug-likeness (QED) is 0.365. The van der Waals surface area contributed by atoms with Crippen molar-refractivity contribution >= 4 is 51.3 Å². The van der Waals surface area contributed by atoms with E-state index in [4.69, 9.17) is 23.2 Å². The molecule has 142 valence electrons. The van der Waals surface area contributed by atoms with E-state index in [0.717, 1.165) is 16.5 Å². The SMILES string of the molecule is O=Nc1cc(C(=O)Nc2ccc(Cl)c(-c3nccc4ccccc34)c2)ccc1Cl. The van der Waals surface area contributed by atoms with Gasteiger partial charge in [-0.25, -0.2) is 0 Å². The van der Waals surface area contributed by atoms with Gasteiger partial charge in [-0.2, -0.15) is 0 Å². The molecule has 0 atom stereocenters. The van der Waals surface area contributed by atoms with E-state index < -0.39 is 5.91 Å². The molecule has 0 spiro atoms. The number of aromatic nitrogens is 1. The van der Waals surface area contributed by atoms with Gasteiger partial charge in [-0.3, -0.25) is 9.78 Å². The van der Waals surface area contributed by atoms with Crippen LogP contribution in [0.2, 0.25) is 10.0 Å². The number of halogens is 2. The molecule has 4 aromatic rings. The highest BCUT2D eigenvalue weighted by molar-refractivity contribution is 6.34. The Balaban J connectivity index is 1.70. The maximum atomic E-state index is 12.6. The number of benzene rings is 3. The molecule has 1 aromatic heterocycles. The molecule has 29 heavy (non-hydrogen) atoms. The summed E-state index contributed by atoms with van der Waals surface area (Å²) in [6.45, 7) is 0. The zero-order chi connectivity index (χ0) is 20.4. The van der Waals surface area contributed by atoms with Crippen molar-refractivity contribution in [3.8, 4) is 11.3 Å². The highest BCUT2D eigenvalue weighted by Crippen LogP contribution is 2.34. The summed E-state index contributed by atoms with van der Waals surface area (Å²) < 4.78 is 0. The fourth-order valence-corrected chi connectivity index (χ4v) is 3.41. The summed E-state index contributed by atoms with van der Waals surface area (Å²) in [6, 6.07) is 19.3. The molecular formula is C22H13Cl2N3O2. The lowest BCUT2D eigenvalue weighted by molar-refractivity contribution is 0.102. The number of nitrogens with zero attached hydrogens (tertiary/aromatic N) is 2. The Morgan fingerprint density at radius 1 is 0.931 bits per heavy atom. The van der Waals surface area contributed by atoms with Gasteiger partial charge in [0, 0.05) is 28.4 Å². The molecule has 1 amide bonds. The number of nitroso groups, excluding NO2 is 1. The average Bonchev–Trinajstić information content (AvgIpc) is 2.75. The lowest BCUT2D eigenvalue weighted by atomic mass is 10.0. The largest absolute Gasteiger partial charge is 0.322 e. The normalized spacial score (nSPS) is 10.7. The highest BCUT2D eigenvalue weighted by atomic mass is 35.5. The Morgan fingerprint density at radius 2 is 1.72 bits per heavy atom. The number of amides is 1. The van der Waals surface area contributed by atoms with Crippen molar-refractivity contribution in [1.82, 2.24) is 4.98 Å². The first-order valence-electron chi connectivity index (χ1n) is 8.65. The molecule has 0 aliphatic heterocycles. The van der Waals surface area contributed by atoms with Crippen LogP contribution in [0.25, 0.3) is 22.0 Å². The molecule has 7 heteroatoms. The van der Waals surface area contributed by atoms with E-state index >= 15 is 0 Å². The van der Waals surface area contributed by atoms with Crippen molar-refractivity contribution in [2.75, 3.05) is 5.32 Å². The first-order valence-corrected chi connectivity index (χ1v) is 9.40. The molecule has 0 saturated heterocycles. The van der Waals surface area contributed by atoms with Crippen LogP contribution in [0.5, 0.6) is 0 Å². The summed E-state index contributed by atoms with van der Waals surface area (Å²) >= 11 is 12.3. The summed E-state index contributed by atoms with van der Waals surface area (Å²) in [5, 5.41) is 8.33. The van der Waals surface area contributed by atoms with Crippen molar-refractivity contribution in [1.29, 1.82) is 0 Å². The maximum absolute atomic E-state index is 12.6. The third-order valence-electron chi connectivity index (χ3n) is 4.46. The van der Waals surface area contributed by atoms with E-state index in [-0.39, 0.29) is 16.3 Å². The van der Waals surface area contributed by atoms with Crippen LogP contribution in [0, 0.1) is 4.91 Å². The van der Waals surface area contributed by atoms with Crippen molar-refractivity contribution in [2.24, 2.45) is 5.18 Å². The van der Waals surface area contributed by atoms with Crippen molar-refractivity contribution in [2.45, 2.75) is 0 Å². The Hall–Kier alpha value is -3.28. The Kier molecular flexibility index (Phi) is 5.25. The third-order valence-corrected chi connectivity index (χ3v) is 5.11. The van der Waals surface area contributed by atoms with Gasteiger partial charge in [0.2, 0.25) is 0 Å². The van der Waals surface area contributed by atoms with E-state index in [1.54, 1.807) is 24.4 Å². The van der Waals surface area contributed by atoms with Crippen molar-refractivity contribution in [3.05, 3.63) is 93.4 Å². The van der Waals surface area contributed by atoms with Gasteiger partial charge in [-0.05, 0) is 53.0 Å². The number of pyridine rings is 1. The molecule has 0 aliphatic carbocycles. The van der Waals surface area contributed by atoms with Gasteiger partial charge in [0.1, 0.15) is 5.69 Å². The van der Waals surface area contributed by atoms with E-state index in [1.165, 1.54) is 18.2 Å². The van der Waals surface area contributed by atoms with Crippen molar-refractivity contribution in [3.63, 3.8) is 0 Å². The molecule has 1 N–H and O–H groups in total. The maximum Gasteiger partial charge on any atom is 0.255 e. The molecule has 0 saturated carbocycles. The van der Waals surface area contributed by atoms with Gasteiger partial charge < -0.3 is 5.32 Å². The number of hydrogen-bond donors (Lipinski definition) is 1. The molecule has 0 fully saturated rings. The summed E-state index contributed by atoms with van der Waals surface area (Å²) in [5.41, 5.74) is 2.25. The molecule has 0 radical (unpaired) electrons. The first-order chi connectivity index (χ1) is 14.1. The fraction of sp³-hybridized carbons (Fsp3) is 0. The van der Waals surface area contributed by atoms with E-state index in [0.29, 0.717) is 16.3 Å². The van der Waals surface area contributed by atoms with Crippen LogP contribution >= 0.6 is 23.2 Å². The first kappa shape index (κ1) is 19.1. The summed E-state index contributed by atoms with van der Waals surface area (Å²) in [6.07, 6.45) is 1.72. The number of fused-ring (bicyclic) bond motifs is 1. The number of nitrogens with one attached hydrogen (secondary N) is 1. The third kappa shape index (κ3) is 3.83. The zero-order valence-corrected chi connectivity index (χ0v) is 16.4. The number of carbonyl (C=O) groups excluding carboxylic acids is 1. The highest BCUT2D eigenvalue weighted by Gasteiger charge is 2.13. The van der Waals surface area contributed by atoms with Crippen LogP contribution < -0.4 is 5.32 Å². The van der Waals surface area contributed by atoms with Crippen LogP contribution in [-0.4, -0.2) is 10.9 Å².